The van der Waals surface area contributed by atoms with E-state index >= 15 is 0 Å². The van der Waals surface area contributed by atoms with Gasteiger partial charge in [0, 0.05) is 11.7 Å². The molecule has 2 aliphatic rings. The van der Waals surface area contributed by atoms with Crippen LogP contribution in [0.15, 0.2) is 12.3 Å². The first-order valence-corrected chi connectivity index (χ1v) is 8.04. The molecule has 0 amide bonds. The SMILES string of the molecule is CC1(C)OB(c2cnc(OC3CC3)c(I)c2)OC1(C)C. The number of hydrogen-bond donors (Lipinski definition) is 0. The van der Waals surface area contributed by atoms with E-state index in [1.54, 1.807) is 6.20 Å². The molecule has 2 fully saturated rings. The van der Waals surface area contributed by atoms with Gasteiger partial charge in [-0.2, -0.15) is 0 Å². The highest BCUT2D eigenvalue weighted by molar-refractivity contribution is 14.1. The van der Waals surface area contributed by atoms with Gasteiger partial charge in [-0.3, -0.25) is 0 Å². The second kappa shape index (κ2) is 4.85. The van der Waals surface area contributed by atoms with Crippen molar-refractivity contribution in [3.8, 4) is 5.88 Å². The lowest BCUT2D eigenvalue weighted by Crippen LogP contribution is -2.41. The van der Waals surface area contributed by atoms with Crippen LogP contribution in [-0.4, -0.2) is 29.4 Å². The molecule has 3 rings (SSSR count). The first-order chi connectivity index (χ1) is 9.28. The van der Waals surface area contributed by atoms with Crippen molar-refractivity contribution >= 4 is 35.2 Å². The normalized spacial score (nSPS) is 23.9. The van der Waals surface area contributed by atoms with E-state index in [1.807, 2.05) is 6.07 Å². The summed E-state index contributed by atoms with van der Waals surface area (Å²) >= 11 is 2.25. The van der Waals surface area contributed by atoms with E-state index in [-0.39, 0.29) is 18.3 Å². The minimum Gasteiger partial charge on any atom is -0.474 e. The first kappa shape index (κ1) is 14.6. The Morgan fingerprint density at radius 2 is 1.85 bits per heavy atom. The van der Waals surface area contributed by atoms with Crippen molar-refractivity contribution in [3.63, 3.8) is 0 Å². The maximum Gasteiger partial charge on any atom is 0.496 e. The zero-order valence-corrected chi connectivity index (χ0v) is 14.4. The van der Waals surface area contributed by atoms with Crippen molar-refractivity contribution in [2.75, 3.05) is 0 Å². The maximum absolute atomic E-state index is 6.03. The molecular weight excluding hydrogens is 368 g/mol. The molecule has 4 nitrogen and oxygen atoms in total. The third kappa shape index (κ3) is 2.70. The van der Waals surface area contributed by atoms with E-state index in [2.05, 4.69) is 55.3 Å². The fraction of sp³-hybridized carbons (Fsp3) is 0.643. The summed E-state index contributed by atoms with van der Waals surface area (Å²) in [5.41, 5.74) is 0.287. The topological polar surface area (TPSA) is 40.6 Å². The molecular formula is C14H19BINO3. The van der Waals surface area contributed by atoms with Gasteiger partial charge in [-0.1, -0.05) is 0 Å². The van der Waals surface area contributed by atoms with Gasteiger partial charge in [-0.15, -0.1) is 0 Å². The molecule has 0 unspecified atom stereocenters. The van der Waals surface area contributed by atoms with Gasteiger partial charge in [0.15, 0.2) is 0 Å². The van der Waals surface area contributed by atoms with Crippen molar-refractivity contribution < 1.29 is 14.0 Å². The molecule has 0 bridgehead atoms. The van der Waals surface area contributed by atoms with E-state index in [0.29, 0.717) is 12.0 Å². The van der Waals surface area contributed by atoms with Crippen LogP contribution in [0.25, 0.3) is 0 Å². The molecule has 2 heterocycles. The van der Waals surface area contributed by atoms with Crippen LogP contribution in [0.3, 0.4) is 0 Å². The largest absolute Gasteiger partial charge is 0.496 e. The molecule has 0 N–H and O–H groups in total. The van der Waals surface area contributed by atoms with Gasteiger partial charge in [0.2, 0.25) is 5.88 Å². The Balaban J connectivity index is 1.79. The van der Waals surface area contributed by atoms with E-state index in [1.165, 1.54) is 0 Å². The Morgan fingerprint density at radius 1 is 1.25 bits per heavy atom. The number of aromatic nitrogens is 1. The summed E-state index contributed by atoms with van der Waals surface area (Å²) in [6.07, 6.45) is 4.42. The zero-order valence-electron chi connectivity index (χ0n) is 12.3. The lowest BCUT2D eigenvalue weighted by molar-refractivity contribution is 0.00578. The van der Waals surface area contributed by atoms with E-state index in [0.717, 1.165) is 21.9 Å². The highest BCUT2D eigenvalue weighted by Crippen LogP contribution is 2.36. The highest BCUT2D eigenvalue weighted by Gasteiger charge is 2.51. The van der Waals surface area contributed by atoms with E-state index in [4.69, 9.17) is 14.0 Å². The van der Waals surface area contributed by atoms with Gasteiger partial charge in [-0.05, 0) is 69.2 Å². The standard InChI is InChI=1S/C14H19BINO3/c1-13(2)14(3,4)20-15(19-13)9-7-11(16)12(17-8-9)18-10-5-6-10/h7-8,10H,5-6H2,1-4H3. The Morgan fingerprint density at radius 3 is 2.35 bits per heavy atom. The molecule has 0 spiro atoms. The average Bonchev–Trinajstić information content (AvgIpc) is 3.10. The molecule has 1 saturated heterocycles. The maximum atomic E-state index is 6.03. The van der Waals surface area contributed by atoms with Gasteiger partial charge in [-0.25, -0.2) is 4.98 Å². The summed E-state index contributed by atoms with van der Waals surface area (Å²) in [6, 6.07) is 2.04. The molecule has 0 radical (unpaired) electrons. The minimum atomic E-state index is -0.365. The van der Waals surface area contributed by atoms with Crippen molar-refractivity contribution in [2.45, 2.75) is 57.8 Å². The quantitative estimate of drug-likeness (QED) is 0.591. The smallest absolute Gasteiger partial charge is 0.474 e. The molecule has 108 valence electrons. The molecule has 1 aliphatic carbocycles. The predicted octanol–water partition coefficient (Wildman–Crippen LogP) is 2.53. The van der Waals surface area contributed by atoms with Crippen LogP contribution in [0.4, 0.5) is 0 Å². The number of ether oxygens (including phenoxy) is 1. The Kier molecular flexibility index (Phi) is 3.54. The molecule has 1 aromatic rings. The molecule has 1 aromatic heterocycles. The highest BCUT2D eigenvalue weighted by atomic mass is 127. The van der Waals surface area contributed by atoms with Gasteiger partial charge < -0.3 is 14.0 Å². The van der Waals surface area contributed by atoms with Crippen molar-refractivity contribution in [3.05, 3.63) is 15.8 Å². The van der Waals surface area contributed by atoms with Crippen LogP contribution < -0.4 is 10.2 Å². The third-order valence-corrected chi connectivity index (χ3v) is 4.93. The van der Waals surface area contributed by atoms with E-state index < -0.39 is 0 Å². The van der Waals surface area contributed by atoms with Crippen LogP contribution in [-0.2, 0) is 9.31 Å². The molecule has 1 saturated carbocycles. The molecule has 6 heteroatoms. The third-order valence-electron chi connectivity index (χ3n) is 4.16. The van der Waals surface area contributed by atoms with Gasteiger partial charge in [0.1, 0.15) is 6.10 Å². The van der Waals surface area contributed by atoms with Crippen LogP contribution in [0.5, 0.6) is 5.88 Å². The lowest BCUT2D eigenvalue weighted by Gasteiger charge is -2.32. The summed E-state index contributed by atoms with van der Waals surface area (Å²) in [6.45, 7) is 8.21. The number of hydrogen-bond acceptors (Lipinski definition) is 4. The second-order valence-corrected chi connectivity index (χ2v) is 7.62. The van der Waals surface area contributed by atoms with Crippen molar-refractivity contribution in [2.24, 2.45) is 0 Å². The molecule has 1 aliphatic heterocycles. The fourth-order valence-electron chi connectivity index (χ4n) is 1.98. The van der Waals surface area contributed by atoms with Crippen LogP contribution in [0.2, 0.25) is 0 Å². The number of nitrogens with zero attached hydrogens (tertiary/aromatic N) is 1. The number of pyridine rings is 1. The summed E-state index contributed by atoms with van der Waals surface area (Å²) in [5, 5.41) is 0. The zero-order chi connectivity index (χ0) is 14.5. The Bertz CT molecular complexity index is 515. The van der Waals surface area contributed by atoms with Gasteiger partial charge in [0.25, 0.3) is 0 Å². The number of halogens is 1. The lowest BCUT2D eigenvalue weighted by atomic mass is 9.80. The molecule has 20 heavy (non-hydrogen) atoms. The monoisotopic (exact) mass is 387 g/mol. The minimum absolute atomic E-state index is 0.327. The Labute approximate surface area is 133 Å². The predicted molar refractivity (Wildman–Crippen MR) is 86.3 cm³/mol. The van der Waals surface area contributed by atoms with Gasteiger partial charge in [0.05, 0.1) is 14.8 Å². The average molecular weight is 387 g/mol. The van der Waals surface area contributed by atoms with Gasteiger partial charge >= 0.3 is 7.12 Å². The van der Waals surface area contributed by atoms with Crippen LogP contribution >= 0.6 is 22.6 Å². The van der Waals surface area contributed by atoms with Crippen LogP contribution in [0.1, 0.15) is 40.5 Å². The van der Waals surface area contributed by atoms with Crippen LogP contribution in [0, 0.1) is 3.57 Å². The van der Waals surface area contributed by atoms with Crippen molar-refractivity contribution in [1.29, 1.82) is 0 Å². The summed E-state index contributed by atoms with van der Waals surface area (Å²) in [7, 11) is -0.365. The number of rotatable bonds is 3. The summed E-state index contributed by atoms with van der Waals surface area (Å²) in [5.74, 6) is 0.716. The first-order valence-electron chi connectivity index (χ1n) is 6.96. The fourth-order valence-corrected chi connectivity index (χ4v) is 2.60. The second-order valence-electron chi connectivity index (χ2n) is 6.46. The molecule has 0 atom stereocenters. The van der Waals surface area contributed by atoms with Crippen molar-refractivity contribution in [1.82, 2.24) is 4.98 Å². The summed E-state index contributed by atoms with van der Waals surface area (Å²) < 4.78 is 18.8. The van der Waals surface area contributed by atoms with E-state index in [9.17, 15) is 0 Å². The summed E-state index contributed by atoms with van der Waals surface area (Å²) in [4.78, 5) is 4.41. The Hall–Kier alpha value is -0.335. The molecule has 0 aromatic carbocycles.